The molecule has 0 saturated heterocycles. The van der Waals surface area contributed by atoms with Crippen LogP contribution in [0.3, 0.4) is 0 Å². The number of rotatable bonds is 10. The molecule has 106 valence electrons. The van der Waals surface area contributed by atoms with Crippen LogP contribution in [-0.4, -0.2) is 77.4 Å². The van der Waals surface area contributed by atoms with Gasteiger partial charge in [0.25, 0.3) is 0 Å². The Kier molecular flexibility index (Phi) is 10.2. The zero-order valence-electron chi connectivity index (χ0n) is 11.3. The fraction of sp³-hybridized carbons (Fsp3) is 0.818. The van der Waals surface area contributed by atoms with Crippen LogP contribution in [0.1, 0.15) is 0 Å². The summed E-state index contributed by atoms with van der Waals surface area (Å²) in [7, 11) is 4.88. The molecule has 0 aliphatic rings. The number of likely N-dealkylation sites (N-methyl/N-ethyl adjacent to an activating group) is 1. The average Bonchev–Trinajstić information content (AvgIpc) is 2.29. The molecule has 2 N–H and O–H groups in total. The Morgan fingerprint density at radius 3 is 1.67 bits per heavy atom. The Labute approximate surface area is 108 Å². The van der Waals surface area contributed by atoms with Crippen LogP contribution in [-0.2, 0) is 19.1 Å². The van der Waals surface area contributed by atoms with Crippen molar-refractivity contribution in [1.29, 1.82) is 0 Å². The second-order valence-electron chi connectivity index (χ2n) is 3.87. The molecule has 0 aromatic heterocycles. The van der Waals surface area contributed by atoms with E-state index in [1.807, 2.05) is 11.9 Å². The van der Waals surface area contributed by atoms with Crippen LogP contribution in [0.15, 0.2) is 0 Å². The van der Waals surface area contributed by atoms with E-state index >= 15 is 0 Å². The molecule has 2 amide bonds. The fourth-order valence-electron chi connectivity index (χ4n) is 1.25. The first kappa shape index (κ1) is 16.8. The maximum absolute atomic E-state index is 11.1. The second kappa shape index (κ2) is 10.9. The Morgan fingerprint density at radius 2 is 1.33 bits per heavy atom. The summed E-state index contributed by atoms with van der Waals surface area (Å²) in [6.45, 7) is 2.72. The summed E-state index contributed by atoms with van der Waals surface area (Å²) in [6.07, 6.45) is 0. The van der Waals surface area contributed by atoms with Crippen molar-refractivity contribution >= 4 is 11.8 Å². The highest BCUT2D eigenvalue weighted by Gasteiger charge is 2.03. The first-order valence-corrected chi connectivity index (χ1v) is 5.80. The fourth-order valence-corrected chi connectivity index (χ4v) is 1.25. The van der Waals surface area contributed by atoms with E-state index in [0.29, 0.717) is 13.1 Å². The van der Waals surface area contributed by atoms with Crippen molar-refractivity contribution < 1.29 is 19.1 Å². The zero-order chi connectivity index (χ0) is 13.8. The molecule has 0 fully saturated rings. The van der Waals surface area contributed by atoms with Crippen molar-refractivity contribution in [3.05, 3.63) is 0 Å². The van der Waals surface area contributed by atoms with Crippen molar-refractivity contribution in [2.75, 3.05) is 60.7 Å². The van der Waals surface area contributed by atoms with Gasteiger partial charge < -0.3 is 25.0 Å². The molecule has 7 nitrogen and oxygen atoms in total. The van der Waals surface area contributed by atoms with Crippen LogP contribution < -0.4 is 10.6 Å². The number of carbonyl (C=O) groups excluding carboxylic acids is 2. The molecule has 0 spiro atoms. The topological polar surface area (TPSA) is 79.9 Å². The van der Waals surface area contributed by atoms with Crippen molar-refractivity contribution in [1.82, 2.24) is 15.5 Å². The number of nitrogens with one attached hydrogen (secondary N) is 2. The molecule has 0 unspecified atom stereocenters. The highest BCUT2D eigenvalue weighted by molar-refractivity contribution is 5.77. The maximum Gasteiger partial charge on any atom is 0.246 e. The van der Waals surface area contributed by atoms with Crippen molar-refractivity contribution in [2.24, 2.45) is 0 Å². The molecule has 0 heterocycles. The van der Waals surface area contributed by atoms with Gasteiger partial charge >= 0.3 is 0 Å². The lowest BCUT2D eigenvalue weighted by atomic mass is 10.4. The maximum atomic E-state index is 11.1. The molecule has 0 radical (unpaired) electrons. The Hall–Kier alpha value is -1.18. The molecule has 0 aliphatic carbocycles. The summed E-state index contributed by atoms with van der Waals surface area (Å²) in [6, 6.07) is 0. The van der Waals surface area contributed by atoms with Gasteiger partial charge in [0.2, 0.25) is 11.8 Å². The Morgan fingerprint density at radius 1 is 0.944 bits per heavy atom. The molecule has 7 heteroatoms. The van der Waals surface area contributed by atoms with Gasteiger partial charge in [-0.15, -0.1) is 0 Å². The summed E-state index contributed by atoms with van der Waals surface area (Å²) < 4.78 is 9.38. The summed E-state index contributed by atoms with van der Waals surface area (Å²) in [4.78, 5) is 24.2. The molecular formula is C11H23N3O4. The number of ether oxygens (including phenoxy) is 2. The van der Waals surface area contributed by atoms with E-state index in [-0.39, 0.29) is 25.0 Å². The largest absolute Gasteiger partial charge is 0.375 e. The Balaban J connectivity index is 3.45. The minimum atomic E-state index is -0.126. The second-order valence-corrected chi connectivity index (χ2v) is 3.87. The quantitative estimate of drug-likeness (QED) is 0.497. The van der Waals surface area contributed by atoms with Gasteiger partial charge in [0.15, 0.2) is 0 Å². The molecule has 0 aliphatic heterocycles. The van der Waals surface area contributed by atoms with Gasteiger partial charge in [-0.2, -0.15) is 0 Å². The lowest BCUT2D eigenvalue weighted by molar-refractivity contribution is -0.125. The SMILES string of the molecule is COCC(=O)NCCN(C)CCNC(=O)COC. The lowest BCUT2D eigenvalue weighted by Gasteiger charge is -2.17. The molecule has 0 rings (SSSR count). The van der Waals surface area contributed by atoms with E-state index in [0.717, 1.165) is 13.1 Å². The van der Waals surface area contributed by atoms with E-state index in [9.17, 15) is 9.59 Å². The van der Waals surface area contributed by atoms with E-state index < -0.39 is 0 Å². The number of nitrogens with zero attached hydrogens (tertiary/aromatic N) is 1. The highest BCUT2D eigenvalue weighted by Crippen LogP contribution is 1.80. The van der Waals surface area contributed by atoms with E-state index in [1.54, 1.807) is 0 Å². The minimum absolute atomic E-state index is 0.0801. The van der Waals surface area contributed by atoms with Crippen LogP contribution in [0.2, 0.25) is 0 Å². The van der Waals surface area contributed by atoms with Gasteiger partial charge in [0.1, 0.15) is 13.2 Å². The van der Waals surface area contributed by atoms with Crippen molar-refractivity contribution in [3.63, 3.8) is 0 Å². The standard InChI is InChI=1S/C11H23N3O4/c1-14(6-4-12-10(15)8-17-2)7-5-13-11(16)9-18-3/h4-9H2,1-3H3,(H,12,15)(H,13,16). The van der Waals surface area contributed by atoms with Gasteiger partial charge in [0, 0.05) is 40.4 Å². The third-order valence-electron chi connectivity index (χ3n) is 2.18. The summed E-state index contributed by atoms with van der Waals surface area (Å²) in [5.74, 6) is -0.251. The number of hydrogen-bond donors (Lipinski definition) is 2. The average molecular weight is 261 g/mol. The van der Waals surface area contributed by atoms with Gasteiger partial charge in [-0.05, 0) is 7.05 Å². The van der Waals surface area contributed by atoms with Crippen LogP contribution >= 0.6 is 0 Å². The molecule has 0 aromatic rings. The van der Waals surface area contributed by atoms with E-state index in [1.165, 1.54) is 14.2 Å². The smallest absolute Gasteiger partial charge is 0.246 e. The Bertz CT molecular complexity index is 224. The van der Waals surface area contributed by atoms with Gasteiger partial charge in [0.05, 0.1) is 0 Å². The molecular weight excluding hydrogens is 238 g/mol. The molecule has 0 saturated carbocycles. The number of methoxy groups -OCH3 is 2. The van der Waals surface area contributed by atoms with Crippen LogP contribution in [0.4, 0.5) is 0 Å². The third kappa shape index (κ3) is 10.0. The van der Waals surface area contributed by atoms with Crippen LogP contribution in [0, 0.1) is 0 Å². The zero-order valence-corrected chi connectivity index (χ0v) is 11.3. The number of carbonyl (C=O) groups is 2. The monoisotopic (exact) mass is 261 g/mol. The first-order chi connectivity index (χ1) is 8.60. The van der Waals surface area contributed by atoms with Gasteiger partial charge in [-0.1, -0.05) is 0 Å². The first-order valence-electron chi connectivity index (χ1n) is 5.80. The molecule has 0 bridgehead atoms. The summed E-state index contributed by atoms with van der Waals surface area (Å²) in [5, 5.41) is 5.44. The van der Waals surface area contributed by atoms with Gasteiger partial charge in [-0.25, -0.2) is 0 Å². The van der Waals surface area contributed by atoms with Crippen LogP contribution in [0.25, 0.3) is 0 Å². The highest BCUT2D eigenvalue weighted by atomic mass is 16.5. The number of amides is 2. The molecule has 0 aromatic carbocycles. The third-order valence-corrected chi connectivity index (χ3v) is 2.18. The summed E-state index contributed by atoms with van der Waals surface area (Å²) in [5.41, 5.74) is 0. The molecule has 0 atom stereocenters. The number of hydrogen-bond acceptors (Lipinski definition) is 5. The molecule has 18 heavy (non-hydrogen) atoms. The summed E-state index contributed by atoms with van der Waals surface area (Å²) >= 11 is 0. The van der Waals surface area contributed by atoms with Crippen molar-refractivity contribution in [2.45, 2.75) is 0 Å². The predicted molar refractivity (Wildman–Crippen MR) is 67.3 cm³/mol. The van der Waals surface area contributed by atoms with Crippen LogP contribution in [0.5, 0.6) is 0 Å². The van der Waals surface area contributed by atoms with Crippen molar-refractivity contribution in [3.8, 4) is 0 Å². The van der Waals surface area contributed by atoms with Gasteiger partial charge in [-0.3, -0.25) is 9.59 Å². The van der Waals surface area contributed by atoms with E-state index in [4.69, 9.17) is 9.47 Å². The van der Waals surface area contributed by atoms with E-state index in [2.05, 4.69) is 10.6 Å². The normalized spacial score (nSPS) is 10.4. The lowest BCUT2D eigenvalue weighted by Crippen LogP contribution is -2.39. The minimum Gasteiger partial charge on any atom is -0.375 e. The predicted octanol–water partition coefficient (Wildman–Crippen LogP) is -1.56.